The van der Waals surface area contributed by atoms with Gasteiger partial charge in [-0.05, 0) is 36.0 Å². The summed E-state index contributed by atoms with van der Waals surface area (Å²) in [4.78, 5) is 0. The Hall–Kier alpha value is -0.910. The molecule has 3 nitrogen and oxygen atoms in total. The predicted molar refractivity (Wildman–Crippen MR) is 77.9 cm³/mol. The van der Waals surface area contributed by atoms with E-state index in [1.165, 1.54) is 0 Å². The van der Waals surface area contributed by atoms with Gasteiger partial charge in [0.2, 0.25) is 0 Å². The highest BCUT2D eigenvalue weighted by molar-refractivity contribution is 9.10. The van der Waals surface area contributed by atoms with E-state index in [0.29, 0.717) is 21.6 Å². The average molecular weight is 347 g/mol. The van der Waals surface area contributed by atoms with Crippen molar-refractivity contribution in [3.8, 4) is 0 Å². The van der Waals surface area contributed by atoms with Gasteiger partial charge in [0.15, 0.2) is 0 Å². The average Bonchev–Trinajstić information content (AvgIpc) is 2.77. The minimum absolute atomic E-state index is 0.290. The Balaban J connectivity index is 2.56. The summed E-state index contributed by atoms with van der Waals surface area (Å²) >= 11 is 9.38. The first kappa shape index (κ1) is 14.5. The lowest BCUT2D eigenvalue weighted by Gasteiger charge is -2.19. The van der Waals surface area contributed by atoms with E-state index < -0.39 is 0 Å². The number of hydrogen-bond acceptors (Lipinski definition) is 2. The zero-order valence-corrected chi connectivity index (χ0v) is 13.0. The van der Waals surface area contributed by atoms with Gasteiger partial charge in [-0.2, -0.15) is 5.10 Å². The van der Waals surface area contributed by atoms with Crippen molar-refractivity contribution in [3.63, 3.8) is 0 Å². The molecule has 19 heavy (non-hydrogen) atoms. The van der Waals surface area contributed by atoms with E-state index in [-0.39, 0.29) is 11.9 Å². The second-order valence-electron chi connectivity index (χ2n) is 4.06. The van der Waals surface area contributed by atoms with E-state index in [9.17, 15) is 4.39 Å². The molecule has 1 unspecified atom stereocenters. The van der Waals surface area contributed by atoms with Crippen molar-refractivity contribution < 1.29 is 4.39 Å². The van der Waals surface area contributed by atoms with Crippen LogP contribution in [-0.4, -0.2) is 16.8 Å². The number of hydrogen-bond donors (Lipinski definition) is 1. The molecule has 0 aliphatic carbocycles. The minimum Gasteiger partial charge on any atom is -0.308 e. The summed E-state index contributed by atoms with van der Waals surface area (Å²) in [6.45, 7) is 2.65. The van der Waals surface area contributed by atoms with Gasteiger partial charge in [0.25, 0.3) is 0 Å². The summed E-state index contributed by atoms with van der Waals surface area (Å²) in [5.74, 6) is -0.290. The fourth-order valence-electron chi connectivity index (χ4n) is 2.09. The topological polar surface area (TPSA) is 29.9 Å². The van der Waals surface area contributed by atoms with Crippen molar-refractivity contribution in [3.05, 3.63) is 51.0 Å². The fraction of sp³-hybridized carbons (Fsp3) is 0.308. The van der Waals surface area contributed by atoms with Gasteiger partial charge in [-0.1, -0.05) is 23.7 Å². The van der Waals surface area contributed by atoms with Crippen molar-refractivity contribution in [2.45, 2.75) is 19.5 Å². The van der Waals surface area contributed by atoms with E-state index in [2.05, 4.69) is 26.3 Å². The maximum atomic E-state index is 14.2. The summed E-state index contributed by atoms with van der Waals surface area (Å²) in [7, 11) is 1.77. The molecule has 0 amide bonds. The molecule has 1 N–H and O–H groups in total. The number of halogens is 3. The van der Waals surface area contributed by atoms with Gasteiger partial charge in [0, 0.05) is 12.1 Å². The van der Waals surface area contributed by atoms with Crippen LogP contribution in [0.2, 0.25) is 5.02 Å². The summed E-state index contributed by atoms with van der Waals surface area (Å²) in [6, 6.07) is 4.87. The molecule has 0 fully saturated rings. The monoisotopic (exact) mass is 345 g/mol. The highest BCUT2D eigenvalue weighted by atomic mass is 79.9. The van der Waals surface area contributed by atoms with Crippen molar-refractivity contribution in [1.82, 2.24) is 15.1 Å². The Morgan fingerprint density at radius 2 is 2.26 bits per heavy atom. The zero-order valence-electron chi connectivity index (χ0n) is 10.6. The molecule has 6 heteroatoms. The summed E-state index contributed by atoms with van der Waals surface area (Å²) < 4.78 is 16.4. The third kappa shape index (κ3) is 2.68. The van der Waals surface area contributed by atoms with E-state index in [4.69, 9.17) is 11.6 Å². The molecule has 102 valence electrons. The molecule has 0 aliphatic heterocycles. The van der Waals surface area contributed by atoms with Gasteiger partial charge >= 0.3 is 0 Å². The molecule has 1 atom stereocenters. The summed E-state index contributed by atoms with van der Waals surface area (Å²) in [6.07, 6.45) is 1.58. The molecule has 1 heterocycles. The van der Waals surface area contributed by atoms with Crippen LogP contribution in [-0.2, 0) is 6.54 Å². The number of aromatic nitrogens is 2. The van der Waals surface area contributed by atoms with Crippen LogP contribution in [0.1, 0.15) is 24.2 Å². The number of aryl methyl sites for hydroxylation is 1. The van der Waals surface area contributed by atoms with Crippen molar-refractivity contribution in [2.75, 3.05) is 7.05 Å². The molecule has 2 rings (SSSR count). The number of benzene rings is 1. The van der Waals surface area contributed by atoms with Crippen LogP contribution in [0.3, 0.4) is 0 Å². The number of nitrogens with zero attached hydrogens (tertiary/aromatic N) is 2. The highest BCUT2D eigenvalue weighted by Crippen LogP contribution is 2.31. The van der Waals surface area contributed by atoms with Crippen LogP contribution in [0.25, 0.3) is 0 Å². The highest BCUT2D eigenvalue weighted by Gasteiger charge is 2.23. The lowest BCUT2D eigenvalue weighted by molar-refractivity contribution is 0.531. The second kappa shape index (κ2) is 6.03. The quantitative estimate of drug-likeness (QED) is 0.913. The molecule has 1 aromatic carbocycles. The first-order chi connectivity index (χ1) is 9.10. The molecular weight excluding hydrogens is 333 g/mol. The first-order valence-electron chi connectivity index (χ1n) is 5.92. The van der Waals surface area contributed by atoms with E-state index >= 15 is 0 Å². The van der Waals surface area contributed by atoms with Gasteiger partial charge < -0.3 is 5.32 Å². The fourth-order valence-corrected chi connectivity index (χ4v) is 2.73. The summed E-state index contributed by atoms with van der Waals surface area (Å²) in [5, 5.41) is 7.82. The Bertz CT molecular complexity index is 585. The molecule has 0 spiro atoms. The van der Waals surface area contributed by atoms with Crippen molar-refractivity contribution in [2.24, 2.45) is 0 Å². The zero-order chi connectivity index (χ0) is 14.0. The smallest absolute Gasteiger partial charge is 0.142 e. The van der Waals surface area contributed by atoms with E-state index in [0.717, 1.165) is 5.69 Å². The molecule has 0 saturated heterocycles. The molecule has 0 bridgehead atoms. The third-order valence-corrected chi connectivity index (χ3v) is 3.89. The normalized spacial score (nSPS) is 12.7. The van der Waals surface area contributed by atoms with Crippen LogP contribution < -0.4 is 5.32 Å². The van der Waals surface area contributed by atoms with Gasteiger partial charge in [-0.25, -0.2) is 4.39 Å². The second-order valence-corrected chi connectivity index (χ2v) is 5.32. The van der Waals surface area contributed by atoms with Crippen molar-refractivity contribution in [1.29, 1.82) is 0 Å². The first-order valence-corrected chi connectivity index (χ1v) is 7.09. The van der Waals surface area contributed by atoms with E-state index in [1.807, 2.05) is 6.92 Å². The Morgan fingerprint density at radius 1 is 1.53 bits per heavy atom. The largest absolute Gasteiger partial charge is 0.308 e. The van der Waals surface area contributed by atoms with Crippen LogP contribution in [0.5, 0.6) is 0 Å². The van der Waals surface area contributed by atoms with Crippen molar-refractivity contribution >= 4 is 27.5 Å². The SMILES string of the molecule is CCn1ncc(Cl)c1C(NC)c1cccc(Br)c1F. The maximum Gasteiger partial charge on any atom is 0.142 e. The molecule has 0 radical (unpaired) electrons. The minimum atomic E-state index is -0.340. The lowest BCUT2D eigenvalue weighted by Crippen LogP contribution is -2.23. The predicted octanol–water partition coefficient (Wildman–Crippen LogP) is 3.77. The molecule has 1 aromatic heterocycles. The molecule has 0 saturated carbocycles. The molecular formula is C13H14BrClFN3. The molecule has 2 aromatic rings. The Kier molecular flexibility index (Phi) is 4.60. The number of rotatable bonds is 4. The Labute approximate surface area is 124 Å². The van der Waals surface area contributed by atoms with Gasteiger partial charge in [-0.3, -0.25) is 4.68 Å². The van der Waals surface area contributed by atoms with E-state index in [1.54, 1.807) is 36.1 Å². The van der Waals surface area contributed by atoms with Crippen LogP contribution in [0.15, 0.2) is 28.9 Å². The van der Waals surface area contributed by atoms with Gasteiger partial charge in [0.05, 0.1) is 27.4 Å². The standard InChI is InChI=1S/C13H14BrClFN3/c1-3-19-13(10(15)7-18-19)12(17-2)8-5-4-6-9(14)11(8)16/h4-7,12,17H,3H2,1-2H3. The van der Waals surface area contributed by atoms with Gasteiger partial charge in [0.1, 0.15) is 5.82 Å². The molecule has 0 aliphatic rings. The lowest BCUT2D eigenvalue weighted by atomic mass is 10.0. The Morgan fingerprint density at radius 3 is 2.89 bits per heavy atom. The van der Waals surface area contributed by atoms with Crippen LogP contribution in [0, 0.1) is 5.82 Å². The number of nitrogens with one attached hydrogen (secondary N) is 1. The third-order valence-electron chi connectivity index (χ3n) is 2.99. The van der Waals surface area contributed by atoms with Crippen LogP contribution >= 0.6 is 27.5 Å². The van der Waals surface area contributed by atoms with Crippen LogP contribution in [0.4, 0.5) is 4.39 Å². The maximum absolute atomic E-state index is 14.2. The summed E-state index contributed by atoms with van der Waals surface area (Å²) in [5.41, 5.74) is 1.30. The van der Waals surface area contributed by atoms with Gasteiger partial charge in [-0.15, -0.1) is 0 Å².